The molecular formula is H3F2NO. The van der Waals surface area contributed by atoms with Gasteiger partial charge in [0.25, 0.3) is 0 Å². The Morgan fingerprint density at radius 1 is 1.25 bits per heavy atom. The third-order valence-corrected chi connectivity index (χ3v) is 0. The molecule has 0 radical (unpaired) electrons. The van der Waals surface area contributed by atoms with Crippen molar-refractivity contribution in [2.45, 2.75) is 0 Å². The van der Waals surface area contributed by atoms with Crippen molar-refractivity contribution in [3.63, 3.8) is 0 Å². The number of halogens is 2. The van der Waals surface area contributed by atoms with Crippen LogP contribution in [0.3, 0.4) is 0 Å². The van der Waals surface area contributed by atoms with E-state index >= 15 is 0 Å². The van der Waals surface area contributed by atoms with Gasteiger partial charge in [-0.15, -0.1) is 0 Å². The molecule has 0 bridgehead atoms. The Labute approximate surface area is 21.8 Å². The molecule has 4 heteroatoms. The van der Waals surface area contributed by atoms with Crippen molar-refractivity contribution in [1.29, 1.82) is 0 Å². The van der Waals surface area contributed by atoms with E-state index in [1.807, 2.05) is 0 Å². The summed E-state index contributed by atoms with van der Waals surface area (Å²) >= 11 is 0. The summed E-state index contributed by atoms with van der Waals surface area (Å²) in [7, 11) is 0. The highest BCUT2D eigenvalue weighted by Gasteiger charge is 1.42. The zero-order valence-electron chi connectivity index (χ0n) is 1.87. The second-order valence-corrected chi connectivity index (χ2v) is 0.0583. The summed E-state index contributed by atoms with van der Waals surface area (Å²) in [5.41, 5.74) is 0. The minimum absolute atomic E-state index is 0. The molecule has 0 aliphatic heterocycles. The first kappa shape index (κ1) is 9.22. The minimum atomic E-state index is 0. The molecule has 0 heterocycles. The van der Waals surface area contributed by atoms with Crippen LogP contribution < -0.4 is 6.15 Å². The standard InChI is InChI=1S/F2O.H3N/c1-3-2;/h;1H3. The molecule has 0 aromatic rings. The summed E-state index contributed by atoms with van der Waals surface area (Å²) in [5.74, 6) is 0. The van der Waals surface area contributed by atoms with Crippen molar-refractivity contribution < 1.29 is 14.2 Å². The molecule has 0 aromatic heterocycles. The van der Waals surface area contributed by atoms with Crippen LogP contribution >= 0.6 is 0 Å². The smallest absolute Gasteiger partial charge is 0.0209 e. The summed E-state index contributed by atoms with van der Waals surface area (Å²) in [6.07, 6.45) is 0. The van der Waals surface area contributed by atoms with Gasteiger partial charge >= 0.3 is 0 Å². The Morgan fingerprint density at radius 2 is 1.25 bits per heavy atom. The van der Waals surface area contributed by atoms with Crippen LogP contribution in [0.25, 0.3) is 0 Å². The molecule has 0 spiro atoms. The van der Waals surface area contributed by atoms with Gasteiger partial charge in [0.1, 0.15) is 0 Å². The molecule has 0 saturated heterocycles. The van der Waals surface area contributed by atoms with Crippen LogP contribution in [0, 0.1) is 0 Å². The third kappa shape index (κ3) is 22.4. The second kappa shape index (κ2) is 14.5. The molecule has 0 rings (SSSR count). The molecule has 0 saturated carbocycles. The quantitative estimate of drug-likeness (QED) is 0.461. The molecule has 28 valence electrons. The molecular weight excluding hydrogens is 68.0 g/mol. The maximum Gasteiger partial charge on any atom is 0.0209 e. The lowest BCUT2D eigenvalue weighted by molar-refractivity contribution is -0.317. The monoisotopic (exact) mass is 71.0 g/mol. The van der Waals surface area contributed by atoms with Crippen LogP contribution in [0.4, 0.5) is 9.05 Å². The zero-order chi connectivity index (χ0) is 2.71. The van der Waals surface area contributed by atoms with Crippen molar-refractivity contribution in [2.24, 2.45) is 0 Å². The summed E-state index contributed by atoms with van der Waals surface area (Å²) in [6, 6.07) is 0. The van der Waals surface area contributed by atoms with E-state index in [2.05, 4.69) is 0 Å². The molecule has 0 aliphatic carbocycles. The van der Waals surface area contributed by atoms with E-state index in [9.17, 15) is 0 Å². The van der Waals surface area contributed by atoms with Crippen LogP contribution in [0.2, 0.25) is 0 Å². The van der Waals surface area contributed by atoms with Crippen LogP contribution in [0.15, 0.2) is 0 Å². The Kier molecular flexibility index (Phi) is 33.4. The van der Waals surface area contributed by atoms with E-state index in [4.69, 9.17) is 9.05 Å². The Bertz CT molecular complexity index is 6.00. The van der Waals surface area contributed by atoms with Gasteiger partial charge in [0.15, 0.2) is 0 Å². The van der Waals surface area contributed by atoms with Crippen molar-refractivity contribution in [2.75, 3.05) is 0 Å². The summed E-state index contributed by atoms with van der Waals surface area (Å²) in [5, 5.41) is 1.25. The number of hydrogen-bond acceptors (Lipinski definition) is 2. The number of rotatable bonds is 0. The molecule has 0 atom stereocenters. The number of hydrogen-bond donors (Lipinski definition) is 1. The summed E-state index contributed by atoms with van der Waals surface area (Å²) < 4.78 is 18.2. The Hall–Kier alpha value is -0.220. The van der Waals surface area contributed by atoms with E-state index in [1.165, 1.54) is 5.15 Å². The molecule has 0 amide bonds. The van der Waals surface area contributed by atoms with Gasteiger partial charge in [-0.2, -0.15) is 0 Å². The fourth-order valence-corrected chi connectivity index (χ4v) is 0. The van der Waals surface area contributed by atoms with Gasteiger partial charge in [0.2, 0.25) is 0 Å². The highest BCUT2D eigenvalue weighted by Crippen LogP contribution is 1.61. The maximum atomic E-state index is 9.12. The van der Waals surface area contributed by atoms with Gasteiger partial charge in [-0.1, -0.05) is 0 Å². The first-order chi connectivity index (χ1) is 1.41. The average Bonchev–Trinajstić information content (AvgIpc) is 0.918. The fourth-order valence-electron chi connectivity index (χ4n) is 0. The SMILES string of the molecule is FOF.N. The highest BCUT2D eigenvalue weighted by molar-refractivity contribution is 2.51. The lowest BCUT2D eigenvalue weighted by Crippen LogP contribution is -1.26. The molecule has 0 aromatic carbocycles. The van der Waals surface area contributed by atoms with Crippen molar-refractivity contribution in [3.05, 3.63) is 0 Å². The predicted molar refractivity (Wildman–Crippen MR) is 8.32 cm³/mol. The summed E-state index contributed by atoms with van der Waals surface area (Å²) in [4.78, 5) is 0. The summed E-state index contributed by atoms with van der Waals surface area (Å²) in [6.45, 7) is 0. The lowest BCUT2D eigenvalue weighted by Gasteiger charge is -1.41. The molecule has 0 aliphatic rings. The average molecular weight is 71.0 g/mol. The van der Waals surface area contributed by atoms with E-state index in [0.717, 1.165) is 0 Å². The lowest BCUT2D eigenvalue weighted by atomic mass is 14.0. The van der Waals surface area contributed by atoms with Crippen molar-refractivity contribution in [1.82, 2.24) is 6.15 Å². The fraction of sp³-hybridized carbons (Fsp3) is 0. The molecule has 2 nitrogen and oxygen atoms in total. The van der Waals surface area contributed by atoms with Crippen LogP contribution in [-0.4, -0.2) is 0 Å². The largest absolute Gasteiger partial charge is 0.344 e. The Morgan fingerprint density at radius 3 is 1.25 bits per heavy atom. The van der Waals surface area contributed by atoms with Crippen molar-refractivity contribution in [3.8, 4) is 0 Å². The Balaban J connectivity index is 0. The van der Waals surface area contributed by atoms with E-state index in [1.54, 1.807) is 0 Å². The molecule has 3 N–H and O–H groups in total. The topological polar surface area (TPSA) is 44.2 Å². The van der Waals surface area contributed by atoms with E-state index in [-0.39, 0.29) is 6.15 Å². The normalized spacial score (nSPS) is 4.50. The van der Waals surface area contributed by atoms with Gasteiger partial charge in [0.05, 0.1) is 0 Å². The first-order valence-corrected chi connectivity index (χ1v) is 0.309. The van der Waals surface area contributed by atoms with Crippen molar-refractivity contribution >= 4 is 0 Å². The second-order valence-electron chi connectivity index (χ2n) is 0.0583. The van der Waals surface area contributed by atoms with Gasteiger partial charge in [-0.3, -0.25) is 0 Å². The van der Waals surface area contributed by atoms with Gasteiger partial charge in [0, 0.05) is 5.15 Å². The third-order valence-electron chi connectivity index (χ3n) is 0. The maximum absolute atomic E-state index is 9.12. The first-order valence-electron chi connectivity index (χ1n) is 0.309. The van der Waals surface area contributed by atoms with Gasteiger partial charge < -0.3 is 6.15 Å². The molecule has 0 fully saturated rings. The van der Waals surface area contributed by atoms with Crippen LogP contribution in [0.1, 0.15) is 0 Å². The molecule has 0 unspecified atom stereocenters. The van der Waals surface area contributed by atoms with Gasteiger partial charge in [-0.25, -0.2) is 0 Å². The molecule has 4 heavy (non-hydrogen) atoms. The van der Waals surface area contributed by atoms with E-state index in [0.29, 0.717) is 0 Å². The van der Waals surface area contributed by atoms with Crippen LogP contribution in [0.5, 0.6) is 0 Å². The van der Waals surface area contributed by atoms with Crippen LogP contribution in [-0.2, 0) is 5.15 Å². The van der Waals surface area contributed by atoms with E-state index < -0.39 is 0 Å². The minimum Gasteiger partial charge on any atom is -0.344 e. The predicted octanol–water partition coefficient (Wildman–Crippen LogP) is 0.934. The highest BCUT2D eigenvalue weighted by atomic mass is 19.6. The van der Waals surface area contributed by atoms with Gasteiger partial charge in [-0.05, 0) is 9.05 Å². The zero-order valence-corrected chi connectivity index (χ0v) is 1.87.